The van der Waals surface area contributed by atoms with E-state index >= 15 is 0 Å². The second kappa shape index (κ2) is 9.87. The summed E-state index contributed by atoms with van der Waals surface area (Å²) in [6.45, 7) is 7.19. The van der Waals surface area contributed by atoms with Crippen LogP contribution in [-0.2, 0) is 4.79 Å². The van der Waals surface area contributed by atoms with Gasteiger partial charge in [0.05, 0.1) is 0 Å². The van der Waals surface area contributed by atoms with Crippen LogP contribution in [0.25, 0.3) is 0 Å². The number of nitrogens with one attached hydrogen (secondary N) is 1. The summed E-state index contributed by atoms with van der Waals surface area (Å²) >= 11 is 11.5. The SMILES string of the molecule is CCN1CCN(C(=S)c2ccc(OCC(=O)Nc3ccc(Cl)cc3)cc2)CC1. The molecule has 0 aromatic heterocycles. The number of benzene rings is 2. The first-order valence-corrected chi connectivity index (χ1v) is 10.1. The molecule has 7 heteroatoms. The van der Waals surface area contributed by atoms with Crippen LogP contribution in [0.3, 0.4) is 0 Å². The Morgan fingerprint density at radius 3 is 2.32 bits per heavy atom. The highest BCUT2D eigenvalue weighted by Crippen LogP contribution is 2.16. The lowest BCUT2D eigenvalue weighted by Crippen LogP contribution is -2.48. The Balaban J connectivity index is 1.48. The topological polar surface area (TPSA) is 44.8 Å². The molecule has 3 rings (SSSR count). The average Bonchev–Trinajstić information content (AvgIpc) is 2.74. The van der Waals surface area contributed by atoms with Crippen LogP contribution in [0.15, 0.2) is 48.5 Å². The third kappa shape index (κ3) is 5.67. The second-order valence-corrected chi connectivity index (χ2v) is 7.42. The number of hydrogen-bond acceptors (Lipinski definition) is 4. The molecule has 1 aliphatic heterocycles. The summed E-state index contributed by atoms with van der Waals surface area (Å²) in [6, 6.07) is 14.5. The standard InChI is InChI=1S/C21H24ClN3O2S/c1-2-24-11-13-25(14-12-24)21(28)16-3-9-19(10-4-16)27-15-20(26)23-18-7-5-17(22)6-8-18/h3-10H,2,11-15H2,1H3,(H,23,26). The normalized spacial score (nSPS) is 14.6. The summed E-state index contributed by atoms with van der Waals surface area (Å²) in [5.74, 6) is 0.407. The minimum Gasteiger partial charge on any atom is -0.484 e. The van der Waals surface area contributed by atoms with Gasteiger partial charge in [0.25, 0.3) is 5.91 Å². The minimum absolute atomic E-state index is 0.0641. The molecule has 1 N–H and O–H groups in total. The Bertz CT molecular complexity index is 803. The summed E-state index contributed by atoms with van der Waals surface area (Å²) in [4.78, 5) is 17.5. The van der Waals surface area contributed by atoms with Gasteiger partial charge in [-0.05, 0) is 55.1 Å². The predicted octanol–water partition coefficient (Wildman–Crippen LogP) is 3.67. The second-order valence-electron chi connectivity index (χ2n) is 6.59. The molecule has 2 aromatic carbocycles. The van der Waals surface area contributed by atoms with E-state index < -0.39 is 0 Å². The smallest absolute Gasteiger partial charge is 0.262 e. The van der Waals surface area contributed by atoms with E-state index in [9.17, 15) is 4.79 Å². The number of carbonyl (C=O) groups excluding carboxylic acids is 1. The molecule has 148 valence electrons. The largest absolute Gasteiger partial charge is 0.484 e. The molecule has 1 aliphatic rings. The predicted molar refractivity (Wildman–Crippen MR) is 117 cm³/mol. The van der Waals surface area contributed by atoms with Crippen LogP contribution in [0.5, 0.6) is 5.75 Å². The highest BCUT2D eigenvalue weighted by molar-refractivity contribution is 7.80. The van der Waals surface area contributed by atoms with E-state index in [0.717, 1.165) is 43.3 Å². The van der Waals surface area contributed by atoms with E-state index in [-0.39, 0.29) is 12.5 Å². The molecule has 28 heavy (non-hydrogen) atoms. The van der Waals surface area contributed by atoms with Crippen molar-refractivity contribution in [2.45, 2.75) is 6.92 Å². The Morgan fingerprint density at radius 1 is 1.07 bits per heavy atom. The van der Waals surface area contributed by atoms with E-state index in [4.69, 9.17) is 28.6 Å². The maximum absolute atomic E-state index is 12.0. The third-order valence-corrected chi connectivity index (χ3v) is 5.45. The molecule has 1 amide bonds. The van der Waals surface area contributed by atoms with Gasteiger partial charge in [0, 0.05) is 42.5 Å². The van der Waals surface area contributed by atoms with Crippen LogP contribution in [0.2, 0.25) is 5.02 Å². The molecule has 5 nitrogen and oxygen atoms in total. The highest BCUT2D eigenvalue weighted by atomic mass is 35.5. The molecule has 0 radical (unpaired) electrons. The van der Waals surface area contributed by atoms with Gasteiger partial charge in [-0.1, -0.05) is 30.7 Å². The zero-order valence-electron chi connectivity index (χ0n) is 15.9. The quantitative estimate of drug-likeness (QED) is 0.726. The molecule has 0 saturated carbocycles. The van der Waals surface area contributed by atoms with E-state index in [0.29, 0.717) is 16.5 Å². The molecule has 0 bridgehead atoms. The number of anilines is 1. The van der Waals surface area contributed by atoms with Gasteiger partial charge in [-0.15, -0.1) is 0 Å². The van der Waals surface area contributed by atoms with Crippen LogP contribution >= 0.6 is 23.8 Å². The van der Waals surface area contributed by atoms with Crippen molar-refractivity contribution >= 4 is 40.4 Å². The summed E-state index contributed by atoms with van der Waals surface area (Å²) in [5, 5.41) is 3.39. The van der Waals surface area contributed by atoms with Crippen molar-refractivity contribution < 1.29 is 9.53 Å². The number of rotatable bonds is 6. The van der Waals surface area contributed by atoms with Gasteiger partial charge in [-0.2, -0.15) is 0 Å². The molecule has 0 atom stereocenters. The van der Waals surface area contributed by atoms with Gasteiger partial charge in [0.1, 0.15) is 10.7 Å². The van der Waals surface area contributed by atoms with Crippen molar-refractivity contribution in [2.24, 2.45) is 0 Å². The molecule has 1 fully saturated rings. The van der Waals surface area contributed by atoms with Crippen LogP contribution in [0.4, 0.5) is 5.69 Å². The Kier molecular flexibility index (Phi) is 7.25. The Morgan fingerprint density at radius 2 is 1.71 bits per heavy atom. The molecule has 0 spiro atoms. The lowest BCUT2D eigenvalue weighted by atomic mass is 10.2. The van der Waals surface area contributed by atoms with Crippen molar-refractivity contribution in [1.82, 2.24) is 9.80 Å². The average molecular weight is 418 g/mol. The van der Waals surface area contributed by atoms with Crippen molar-refractivity contribution in [3.8, 4) is 5.75 Å². The van der Waals surface area contributed by atoms with Gasteiger partial charge in [0.2, 0.25) is 0 Å². The number of nitrogens with zero attached hydrogens (tertiary/aromatic N) is 2. The number of thiocarbonyl (C=S) groups is 1. The number of amides is 1. The minimum atomic E-state index is -0.226. The molecule has 0 aliphatic carbocycles. The number of likely N-dealkylation sites (N-methyl/N-ethyl adjacent to an activating group) is 1. The van der Waals surface area contributed by atoms with Crippen molar-refractivity contribution in [2.75, 3.05) is 44.6 Å². The maximum Gasteiger partial charge on any atom is 0.262 e. The first-order chi connectivity index (χ1) is 13.5. The molecular formula is C21H24ClN3O2S. The molecular weight excluding hydrogens is 394 g/mol. The zero-order chi connectivity index (χ0) is 19.9. The highest BCUT2D eigenvalue weighted by Gasteiger charge is 2.18. The van der Waals surface area contributed by atoms with Gasteiger partial charge in [0.15, 0.2) is 6.61 Å². The summed E-state index contributed by atoms with van der Waals surface area (Å²) in [5.41, 5.74) is 1.68. The van der Waals surface area contributed by atoms with Gasteiger partial charge < -0.3 is 19.9 Å². The van der Waals surface area contributed by atoms with Crippen molar-refractivity contribution in [1.29, 1.82) is 0 Å². The van der Waals surface area contributed by atoms with Crippen LogP contribution in [-0.4, -0.2) is 60.0 Å². The first kappa shape index (κ1) is 20.6. The lowest BCUT2D eigenvalue weighted by molar-refractivity contribution is -0.118. The number of hydrogen-bond donors (Lipinski definition) is 1. The lowest BCUT2D eigenvalue weighted by Gasteiger charge is -2.35. The Labute approximate surface area is 176 Å². The maximum atomic E-state index is 12.0. The fourth-order valence-corrected chi connectivity index (χ4v) is 3.47. The van der Waals surface area contributed by atoms with E-state index in [1.54, 1.807) is 24.3 Å². The van der Waals surface area contributed by atoms with Crippen LogP contribution in [0, 0.1) is 0 Å². The fraction of sp³-hybridized carbons (Fsp3) is 0.333. The van der Waals surface area contributed by atoms with Gasteiger partial charge in [-0.25, -0.2) is 0 Å². The monoisotopic (exact) mass is 417 g/mol. The van der Waals surface area contributed by atoms with E-state index in [1.165, 1.54) is 0 Å². The van der Waals surface area contributed by atoms with Crippen molar-refractivity contribution in [3.63, 3.8) is 0 Å². The fourth-order valence-electron chi connectivity index (χ4n) is 3.02. The first-order valence-electron chi connectivity index (χ1n) is 9.35. The van der Waals surface area contributed by atoms with Gasteiger partial charge in [-0.3, -0.25) is 4.79 Å². The van der Waals surface area contributed by atoms with E-state index in [2.05, 4.69) is 22.0 Å². The molecule has 1 saturated heterocycles. The third-order valence-electron chi connectivity index (χ3n) is 4.71. The number of ether oxygens (including phenoxy) is 1. The number of halogens is 1. The Hall–Kier alpha value is -2.15. The zero-order valence-corrected chi connectivity index (χ0v) is 17.4. The summed E-state index contributed by atoms with van der Waals surface area (Å²) in [7, 11) is 0. The number of carbonyl (C=O) groups is 1. The number of piperazine rings is 1. The van der Waals surface area contributed by atoms with Crippen LogP contribution < -0.4 is 10.1 Å². The van der Waals surface area contributed by atoms with E-state index in [1.807, 2.05) is 24.3 Å². The van der Waals surface area contributed by atoms with Gasteiger partial charge >= 0.3 is 0 Å². The molecule has 0 unspecified atom stereocenters. The van der Waals surface area contributed by atoms with Crippen LogP contribution in [0.1, 0.15) is 12.5 Å². The molecule has 1 heterocycles. The van der Waals surface area contributed by atoms with Crippen molar-refractivity contribution in [3.05, 3.63) is 59.1 Å². The summed E-state index contributed by atoms with van der Waals surface area (Å²) in [6.07, 6.45) is 0. The molecule has 2 aromatic rings. The summed E-state index contributed by atoms with van der Waals surface area (Å²) < 4.78 is 5.57.